The van der Waals surface area contributed by atoms with Gasteiger partial charge in [0.25, 0.3) is 0 Å². The first-order valence-electron chi connectivity index (χ1n) is 5.38. The van der Waals surface area contributed by atoms with Gasteiger partial charge in [-0.3, -0.25) is 4.79 Å². The van der Waals surface area contributed by atoms with Crippen molar-refractivity contribution in [3.8, 4) is 11.8 Å². The van der Waals surface area contributed by atoms with Crippen LogP contribution in [0.15, 0.2) is 0 Å². The highest BCUT2D eigenvalue weighted by atomic mass is 16.5. The molecule has 78 valence electrons. The standard InChI is InChI=1S/C12H18O2/c1-14-12(13)10-6-5-9-11-7-3-2-4-8-11/h11H,2-4,6-8,10H2,1H3. The van der Waals surface area contributed by atoms with E-state index in [4.69, 9.17) is 0 Å². The molecule has 0 amide bonds. The lowest BCUT2D eigenvalue weighted by Gasteiger charge is -2.15. The number of carbonyl (C=O) groups is 1. The highest BCUT2D eigenvalue weighted by molar-refractivity contribution is 5.69. The first-order chi connectivity index (χ1) is 6.83. The van der Waals surface area contributed by atoms with Gasteiger partial charge in [0.05, 0.1) is 13.5 Å². The smallest absolute Gasteiger partial charge is 0.306 e. The summed E-state index contributed by atoms with van der Waals surface area (Å²) in [6, 6.07) is 0. The van der Waals surface area contributed by atoms with Crippen molar-refractivity contribution in [2.24, 2.45) is 5.92 Å². The predicted molar refractivity (Wildman–Crippen MR) is 55.6 cm³/mol. The lowest BCUT2D eigenvalue weighted by atomic mass is 9.90. The van der Waals surface area contributed by atoms with Crippen LogP contribution in [-0.4, -0.2) is 13.1 Å². The molecule has 2 heteroatoms. The number of ether oxygens (including phenoxy) is 1. The van der Waals surface area contributed by atoms with E-state index >= 15 is 0 Å². The molecule has 0 aromatic rings. The maximum absolute atomic E-state index is 10.8. The highest BCUT2D eigenvalue weighted by Gasteiger charge is 2.09. The Morgan fingerprint density at radius 3 is 2.71 bits per heavy atom. The van der Waals surface area contributed by atoms with Crippen LogP contribution in [0.3, 0.4) is 0 Å². The second-order valence-electron chi connectivity index (χ2n) is 3.73. The molecule has 2 nitrogen and oxygen atoms in total. The maximum Gasteiger partial charge on any atom is 0.306 e. The zero-order chi connectivity index (χ0) is 10.2. The van der Waals surface area contributed by atoms with E-state index in [1.54, 1.807) is 0 Å². The lowest BCUT2D eigenvalue weighted by molar-refractivity contribution is -0.140. The Labute approximate surface area is 86.0 Å². The summed E-state index contributed by atoms with van der Waals surface area (Å²) < 4.78 is 4.54. The molecule has 0 atom stereocenters. The summed E-state index contributed by atoms with van der Waals surface area (Å²) >= 11 is 0. The van der Waals surface area contributed by atoms with Crippen LogP contribution in [-0.2, 0) is 9.53 Å². The van der Waals surface area contributed by atoms with E-state index in [2.05, 4.69) is 16.6 Å². The van der Waals surface area contributed by atoms with E-state index in [0.717, 1.165) is 0 Å². The van der Waals surface area contributed by atoms with E-state index in [1.165, 1.54) is 39.2 Å². The summed E-state index contributed by atoms with van der Waals surface area (Å²) in [7, 11) is 1.41. The van der Waals surface area contributed by atoms with Crippen LogP contribution < -0.4 is 0 Å². The molecule has 0 aromatic carbocycles. The fourth-order valence-corrected chi connectivity index (χ4v) is 1.73. The normalized spacial score (nSPS) is 16.9. The number of esters is 1. The zero-order valence-corrected chi connectivity index (χ0v) is 8.84. The molecular weight excluding hydrogens is 176 g/mol. The van der Waals surface area contributed by atoms with Crippen LogP contribution in [0, 0.1) is 17.8 Å². The van der Waals surface area contributed by atoms with Gasteiger partial charge in [-0.05, 0) is 12.8 Å². The van der Waals surface area contributed by atoms with Crippen LogP contribution in [0.5, 0.6) is 0 Å². The maximum atomic E-state index is 10.8. The van der Waals surface area contributed by atoms with Crippen LogP contribution in [0.4, 0.5) is 0 Å². The molecule has 0 spiro atoms. The molecule has 1 aliphatic rings. The topological polar surface area (TPSA) is 26.3 Å². The summed E-state index contributed by atoms with van der Waals surface area (Å²) in [6.45, 7) is 0. The number of rotatable bonds is 2. The third-order valence-corrected chi connectivity index (χ3v) is 2.59. The van der Waals surface area contributed by atoms with Gasteiger partial charge >= 0.3 is 5.97 Å². The van der Waals surface area contributed by atoms with Crippen molar-refractivity contribution in [1.82, 2.24) is 0 Å². The molecule has 0 unspecified atom stereocenters. The second-order valence-corrected chi connectivity index (χ2v) is 3.73. The fraction of sp³-hybridized carbons (Fsp3) is 0.750. The van der Waals surface area contributed by atoms with Gasteiger partial charge in [-0.15, -0.1) is 5.92 Å². The average Bonchev–Trinajstić information content (AvgIpc) is 2.25. The minimum atomic E-state index is -0.164. The molecule has 1 fully saturated rings. The third-order valence-electron chi connectivity index (χ3n) is 2.59. The fourth-order valence-electron chi connectivity index (χ4n) is 1.73. The number of hydrogen-bond donors (Lipinski definition) is 0. The van der Waals surface area contributed by atoms with Crippen molar-refractivity contribution in [2.75, 3.05) is 7.11 Å². The van der Waals surface area contributed by atoms with Gasteiger partial charge in [-0.25, -0.2) is 0 Å². The van der Waals surface area contributed by atoms with Gasteiger partial charge in [0.2, 0.25) is 0 Å². The summed E-state index contributed by atoms with van der Waals surface area (Å²) in [5.41, 5.74) is 0. The van der Waals surface area contributed by atoms with Gasteiger partial charge in [0.15, 0.2) is 0 Å². The molecule has 0 saturated heterocycles. The Bertz CT molecular complexity index is 228. The number of hydrogen-bond acceptors (Lipinski definition) is 2. The third kappa shape index (κ3) is 4.32. The first kappa shape index (κ1) is 11.1. The monoisotopic (exact) mass is 194 g/mol. The van der Waals surface area contributed by atoms with Crippen molar-refractivity contribution in [3.63, 3.8) is 0 Å². The van der Waals surface area contributed by atoms with E-state index in [0.29, 0.717) is 18.8 Å². The second kappa shape index (κ2) is 6.48. The zero-order valence-electron chi connectivity index (χ0n) is 8.84. The van der Waals surface area contributed by atoms with Crippen molar-refractivity contribution >= 4 is 5.97 Å². The molecule has 14 heavy (non-hydrogen) atoms. The van der Waals surface area contributed by atoms with Gasteiger partial charge in [-0.2, -0.15) is 0 Å². The predicted octanol–water partition coefficient (Wildman–Crippen LogP) is 2.52. The SMILES string of the molecule is COC(=O)CCC#CC1CCCCC1. The van der Waals surface area contributed by atoms with E-state index in [1.807, 2.05) is 0 Å². The highest BCUT2D eigenvalue weighted by Crippen LogP contribution is 2.22. The van der Waals surface area contributed by atoms with Crippen molar-refractivity contribution in [2.45, 2.75) is 44.9 Å². The lowest BCUT2D eigenvalue weighted by Crippen LogP contribution is -2.03. The Balaban J connectivity index is 2.15. The van der Waals surface area contributed by atoms with Crippen LogP contribution in [0.25, 0.3) is 0 Å². The molecule has 1 rings (SSSR count). The van der Waals surface area contributed by atoms with Crippen LogP contribution in [0.2, 0.25) is 0 Å². The molecule has 0 heterocycles. The molecule has 0 N–H and O–H groups in total. The molecular formula is C12H18O2. The van der Waals surface area contributed by atoms with Crippen LogP contribution >= 0.6 is 0 Å². The number of methoxy groups -OCH3 is 1. The summed E-state index contributed by atoms with van der Waals surface area (Å²) in [5.74, 6) is 6.73. The quantitative estimate of drug-likeness (QED) is 0.498. The summed E-state index contributed by atoms with van der Waals surface area (Å²) in [4.78, 5) is 10.8. The van der Waals surface area contributed by atoms with Crippen molar-refractivity contribution in [1.29, 1.82) is 0 Å². The summed E-state index contributed by atoms with van der Waals surface area (Å²) in [6.07, 6.45) is 7.54. The van der Waals surface area contributed by atoms with Gasteiger partial charge in [0, 0.05) is 12.3 Å². The molecule has 0 aromatic heterocycles. The Hall–Kier alpha value is -0.970. The van der Waals surface area contributed by atoms with Crippen molar-refractivity contribution < 1.29 is 9.53 Å². The molecule has 0 aliphatic heterocycles. The summed E-state index contributed by atoms with van der Waals surface area (Å²) in [5, 5.41) is 0. The molecule has 1 saturated carbocycles. The minimum absolute atomic E-state index is 0.164. The van der Waals surface area contributed by atoms with Crippen molar-refractivity contribution in [3.05, 3.63) is 0 Å². The average molecular weight is 194 g/mol. The van der Waals surface area contributed by atoms with E-state index in [-0.39, 0.29) is 5.97 Å². The number of carbonyl (C=O) groups excluding carboxylic acids is 1. The van der Waals surface area contributed by atoms with Crippen LogP contribution in [0.1, 0.15) is 44.9 Å². The first-order valence-corrected chi connectivity index (χ1v) is 5.38. The largest absolute Gasteiger partial charge is 0.469 e. The van der Waals surface area contributed by atoms with Gasteiger partial charge in [-0.1, -0.05) is 25.2 Å². The minimum Gasteiger partial charge on any atom is -0.469 e. The van der Waals surface area contributed by atoms with Gasteiger partial charge in [0.1, 0.15) is 0 Å². The molecule has 0 bridgehead atoms. The van der Waals surface area contributed by atoms with Gasteiger partial charge < -0.3 is 4.74 Å². The van der Waals surface area contributed by atoms with E-state index in [9.17, 15) is 4.79 Å². The van der Waals surface area contributed by atoms with E-state index < -0.39 is 0 Å². The Morgan fingerprint density at radius 2 is 2.07 bits per heavy atom. The molecule has 1 aliphatic carbocycles. The molecule has 0 radical (unpaired) electrons. The Kier molecular flexibility index (Phi) is 5.14. The Morgan fingerprint density at radius 1 is 1.36 bits per heavy atom.